The highest BCUT2D eigenvalue weighted by Gasteiger charge is 2.37. The molecule has 0 aromatic carbocycles. The Morgan fingerprint density at radius 1 is 0.929 bits per heavy atom. The predicted octanol–water partition coefficient (Wildman–Crippen LogP) is 4.66. The summed E-state index contributed by atoms with van der Waals surface area (Å²) in [6.45, 7) is 14.3. The molecule has 0 spiro atoms. The second-order valence-electron chi connectivity index (χ2n) is 6.87. The fraction of sp³-hybridized carbons (Fsp3) is 0.857. The maximum Gasteiger partial charge on any atom is -0.0151 e. The van der Waals surface area contributed by atoms with Crippen LogP contribution in [0.3, 0.4) is 0 Å². The van der Waals surface area contributed by atoms with Crippen LogP contribution in [0.25, 0.3) is 0 Å². The van der Waals surface area contributed by atoms with Gasteiger partial charge in [-0.1, -0.05) is 53.7 Å². The van der Waals surface area contributed by atoms with Crippen LogP contribution in [0.1, 0.15) is 54.4 Å². The van der Waals surface area contributed by atoms with Gasteiger partial charge in [0, 0.05) is 0 Å². The Morgan fingerprint density at radius 3 is 1.86 bits per heavy atom. The molecule has 82 valence electrons. The fourth-order valence-electron chi connectivity index (χ4n) is 2.70. The van der Waals surface area contributed by atoms with Crippen LogP contribution in [0.2, 0.25) is 0 Å². The molecule has 2 unspecified atom stereocenters. The Kier molecular flexibility index (Phi) is 3.13. The molecular weight excluding hydrogens is 168 g/mol. The minimum absolute atomic E-state index is 0.412. The number of hydrogen-bond donors (Lipinski definition) is 0. The number of rotatable bonds is 0. The van der Waals surface area contributed by atoms with E-state index in [2.05, 4.69) is 53.7 Å². The summed E-state index contributed by atoms with van der Waals surface area (Å²) in [5.41, 5.74) is 0.859. The van der Waals surface area contributed by atoms with Gasteiger partial charge in [0.15, 0.2) is 0 Å². The van der Waals surface area contributed by atoms with Gasteiger partial charge in [-0.3, -0.25) is 0 Å². The Bertz CT molecular complexity index is 209. The predicted molar refractivity (Wildman–Crippen MR) is 64.3 cm³/mol. The van der Waals surface area contributed by atoms with Crippen LogP contribution in [0.5, 0.6) is 0 Å². The fourth-order valence-corrected chi connectivity index (χ4v) is 2.70. The van der Waals surface area contributed by atoms with E-state index in [1.807, 2.05) is 0 Å². The Hall–Kier alpha value is -0.260. The molecule has 0 saturated heterocycles. The smallest absolute Gasteiger partial charge is 0.0151 e. The molecule has 1 aliphatic carbocycles. The highest BCUT2D eigenvalue weighted by atomic mass is 14.4. The molecule has 0 aliphatic heterocycles. The van der Waals surface area contributed by atoms with Gasteiger partial charge in [0.25, 0.3) is 0 Å². The first-order valence-electron chi connectivity index (χ1n) is 5.89. The van der Waals surface area contributed by atoms with Crippen molar-refractivity contribution >= 4 is 0 Å². The van der Waals surface area contributed by atoms with E-state index in [-0.39, 0.29) is 0 Å². The second-order valence-corrected chi connectivity index (χ2v) is 6.87. The second kappa shape index (κ2) is 3.72. The first-order valence-corrected chi connectivity index (χ1v) is 5.89. The minimum atomic E-state index is 0.412. The first kappa shape index (κ1) is 11.8. The molecule has 14 heavy (non-hydrogen) atoms. The lowest BCUT2D eigenvalue weighted by atomic mass is 9.61. The van der Waals surface area contributed by atoms with E-state index in [0.717, 1.165) is 11.8 Å². The van der Waals surface area contributed by atoms with Crippen LogP contribution in [-0.4, -0.2) is 0 Å². The van der Waals surface area contributed by atoms with Crippen molar-refractivity contribution in [3.8, 4) is 0 Å². The molecule has 0 heteroatoms. The van der Waals surface area contributed by atoms with E-state index < -0.39 is 0 Å². The van der Waals surface area contributed by atoms with Crippen molar-refractivity contribution in [2.24, 2.45) is 22.7 Å². The molecule has 0 aromatic heterocycles. The molecule has 0 fully saturated rings. The molecule has 1 rings (SSSR count). The van der Waals surface area contributed by atoms with Gasteiger partial charge in [0.2, 0.25) is 0 Å². The average Bonchev–Trinajstić information content (AvgIpc) is 2.01. The van der Waals surface area contributed by atoms with E-state index in [9.17, 15) is 0 Å². The van der Waals surface area contributed by atoms with Crippen molar-refractivity contribution < 1.29 is 0 Å². The van der Waals surface area contributed by atoms with Crippen LogP contribution < -0.4 is 0 Å². The zero-order valence-electron chi connectivity index (χ0n) is 10.7. The Labute approximate surface area is 89.8 Å². The first-order chi connectivity index (χ1) is 6.23. The Morgan fingerprint density at radius 2 is 1.50 bits per heavy atom. The highest BCUT2D eigenvalue weighted by molar-refractivity contribution is 5.04. The minimum Gasteiger partial charge on any atom is -0.0882 e. The van der Waals surface area contributed by atoms with Crippen molar-refractivity contribution in [2.45, 2.75) is 54.4 Å². The lowest BCUT2D eigenvalue weighted by molar-refractivity contribution is 0.0919. The summed E-state index contributed by atoms with van der Waals surface area (Å²) >= 11 is 0. The molecule has 0 amide bonds. The normalized spacial score (nSPS) is 29.3. The van der Waals surface area contributed by atoms with Crippen LogP contribution in [-0.2, 0) is 0 Å². The molecule has 0 radical (unpaired) electrons. The summed E-state index contributed by atoms with van der Waals surface area (Å²) in [5.74, 6) is 1.59. The number of allylic oxidation sites excluding steroid dienone is 2. The van der Waals surface area contributed by atoms with Gasteiger partial charge in [-0.2, -0.15) is 0 Å². The van der Waals surface area contributed by atoms with Crippen molar-refractivity contribution in [1.29, 1.82) is 0 Å². The van der Waals surface area contributed by atoms with Gasteiger partial charge in [0.1, 0.15) is 0 Å². The van der Waals surface area contributed by atoms with Gasteiger partial charge in [-0.05, 0) is 35.5 Å². The quantitative estimate of drug-likeness (QED) is 0.492. The summed E-state index contributed by atoms with van der Waals surface area (Å²) in [4.78, 5) is 0. The largest absolute Gasteiger partial charge is 0.0882 e. The van der Waals surface area contributed by atoms with Gasteiger partial charge in [0.05, 0.1) is 0 Å². The van der Waals surface area contributed by atoms with E-state index in [1.54, 1.807) is 0 Å². The van der Waals surface area contributed by atoms with E-state index in [4.69, 9.17) is 0 Å². The molecular formula is C14H26. The molecule has 0 heterocycles. The van der Waals surface area contributed by atoms with E-state index in [1.165, 1.54) is 12.8 Å². The lowest BCUT2D eigenvalue weighted by Gasteiger charge is -2.44. The summed E-state index contributed by atoms with van der Waals surface area (Å²) in [5, 5.41) is 0. The van der Waals surface area contributed by atoms with Gasteiger partial charge in [-0.15, -0.1) is 0 Å². The van der Waals surface area contributed by atoms with Crippen LogP contribution in [0.15, 0.2) is 12.2 Å². The maximum atomic E-state index is 2.46. The van der Waals surface area contributed by atoms with Gasteiger partial charge >= 0.3 is 0 Å². The zero-order chi connectivity index (χ0) is 11.0. The topological polar surface area (TPSA) is 0 Å². The molecule has 0 aromatic rings. The van der Waals surface area contributed by atoms with Gasteiger partial charge < -0.3 is 0 Å². The van der Waals surface area contributed by atoms with E-state index in [0.29, 0.717) is 10.8 Å². The third-order valence-corrected chi connectivity index (χ3v) is 3.53. The van der Waals surface area contributed by atoms with Crippen molar-refractivity contribution in [3.63, 3.8) is 0 Å². The van der Waals surface area contributed by atoms with Crippen molar-refractivity contribution in [2.75, 3.05) is 0 Å². The Balaban J connectivity index is 2.90. The zero-order valence-corrected chi connectivity index (χ0v) is 10.7. The molecule has 0 bridgehead atoms. The van der Waals surface area contributed by atoms with Crippen LogP contribution in [0.4, 0.5) is 0 Å². The van der Waals surface area contributed by atoms with Crippen molar-refractivity contribution in [3.05, 3.63) is 12.2 Å². The van der Waals surface area contributed by atoms with Gasteiger partial charge in [-0.25, -0.2) is 0 Å². The van der Waals surface area contributed by atoms with Crippen LogP contribution >= 0.6 is 0 Å². The highest BCUT2D eigenvalue weighted by Crippen LogP contribution is 2.46. The van der Waals surface area contributed by atoms with Crippen molar-refractivity contribution in [1.82, 2.24) is 0 Å². The SMILES string of the molecule is CC(C)(C)C1C=CCCC1C(C)(C)C. The average molecular weight is 194 g/mol. The van der Waals surface area contributed by atoms with E-state index >= 15 is 0 Å². The summed E-state index contributed by atoms with van der Waals surface area (Å²) in [6.07, 6.45) is 7.47. The molecule has 2 atom stereocenters. The monoisotopic (exact) mass is 194 g/mol. The maximum absolute atomic E-state index is 2.46. The summed E-state index contributed by atoms with van der Waals surface area (Å²) in [6, 6.07) is 0. The summed E-state index contributed by atoms with van der Waals surface area (Å²) < 4.78 is 0. The standard InChI is InChI=1S/C14H26/c1-13(2,3)11-9-7-8-10-12(11)14(4,5)6/h7,9,11-12H,8,10H2,1-6H3. The number of hydrogen-bond acceptors (Lipinski definition) is 0. The lowest BCUT2D eigenvalue weighted by Crippen LogP contribution is -2.36. The van der Waals surface area contributed by atoms with Crippen LogP contribution in [0, 0.1) is 22.7 Å². The third-order valence-electron chi connectivity index (χ3n) is 3.53. The molecule has 0 nitrogen and oxygen atoms in total. The molecule has 1 aliphatic rings. The molecule has 0 N–H and O–H groups in total. The third kappa shape index (κ3) is 2.62. The molecule has 0 saturated carbocycles. The summed E-state index contributed by atoms with van der Waals surface area (Å²) in [7, 11) is 0.